The Hall–Kier alpha value is -0.410. The Morgan fingerprint density at radius 1 is 1.00 bits per heavy atom. The summed E-state index contributed by atoms with van der Waals surface area (Å²) in [7, 11) is 0. The summed E-state index contributed by atoms with van der Waals surface area (Å²) in [5, 5.41) is 0. The molecule has 4 heterocycles. The average Bonchev–Trinajstić information content (AvgIpc) is 2.31. The molecule has 4 saturated heterocycles. The van der Waals surface area contributed by atoms with Gasteiger partial charge in [-0.15, -0.1) is 0 Å². The maximum atomic E-state index is 13.1. The number of ketones is 1. The summed E-state index contributed by atoms with van der Waals surface area (Å²) in [5.41, 5.74) is -0.0696. The highest BCUT2D eigenvalue weighted by molar-refractivity contribution is 5.93. The molecule has 4 aliphatic heterocycles. The molecule has 0 N–H and O–H groups in total. The number of Topliss-reactive ketones (excluding diaryl/α,β-unsaturated/α-hetero) is 1. The van der Waals surface area contributed by atoms with Gasteiger partial charge in [-0.25, -0.2) is 0 Å². The third-order valence-corrected chi connectivity index (χ3v) is 5.50. The Labute approximate surface area is 111 Å². The van der Waals surface area contributed by atoms with E-state index in [2.05, 4.69) is 30.6 Å². The van der Waals surface area contributed by atoms with Gasteiger partial charge in [0.25, 0.3) is 0 Å². The molecule has 18 heavy (non-hydrogen) atoms. The first-order valence-electron chi connectivity index (χ1n) is 7.60. The van der Waals surface area contributed by atoms with Crippen molar-refractivity contribution in [2.45, 2.75) is 52.6 Å². The van der Waals surface area contributed by atoms with Crippen LogP contribution in [0, 0.1) is 10.8 Å². The van der Waals surface area contributed by atoms with E-state index >= 15 is 0 Å². The van der Waals surface area contributed by atoms with E-state index in [1.807, 2.05) is 0 Å². The quantitative estimate of drug-likeness (QED) is 0.763. The van der Waals surface area contributed by atoms with Gasteiger partial charge >= 0.3 is 0 Å². The molecule has 0 aromatic rings. The predicted octanol–water partition coefficient (Wildman–Crippen LogP) is 2.12. The van der Waals surface area contributed by atoms with Crippen LogP contribution in [0.15, 0.2) is 0 Å². The minimum Gasteiger partial charge on any atom is -0.298 e. The van der Waals surface area contributed by atoms with Gasteiger partial charge in [-0.1, -0.05) is 26.7 Å². The van der Waals surface area contributed by atoms with E-state index in [0.29, 0.717) is 11.9 Å². The molecule has 4 rings (SSSR count). The Morgan fingerprint density at radius 2 is 1.39 bits per heavy atom. The third kappa shape index (κ3) is 1.47. The molecule has 0 aromatic heterocycles. The van der Waals surface area contributed by atoms with Crippen LogP contribution in [0.2, 0.25) is 0 Å². The lowest BCUT2D eigenvalue weighted by Crippen LogP contribution is -2.78. The fourth-order valence-electron chi connectivity index (χ4n) is 4.88. The van der Waals surface area contributed by atoms with Gasteiger partial charge in [0.1, 0.15) is 5.78 Å². The van der Waals surface area contributed by atoms with Gasteiger partial charge in [-0.05, 0) is 19.8 Å². The zero-order valence-corrected chi connectivity index (χ0v) is 12.0. The molecule has 4 fully saturated rings. The summed E-state index contributed by atoms with van der Waals surface area (Å²) in [6, 6.07) is 0. The molecular weight excluding hydrogens is 224 g/mol. The average molecular weight is 250 g/mol. The first-order chi connectivity index (χ1) is 8.57. The lowest BCUT2D eigenvalue weighted by Gasteiger charge is -2.66. The summed E-state index contributed by atoms with van der Waals surface area (Å²) >= 11 is 0. The SMILES string of the molecule is CCCC12CN3CC(CCC)(CN(C1)C3C)C2=O. The smallest absolute Gasteiger partial charge is 0.150 e. The molecule has 0 aromatic carbocycles. The van der Waals surface area contributed by atoms with Gasteiger partial charge in [0.2, 0.25) is 0 Å². The van der Waals surface area contributed by atoms with Gasteiger partial charge in [-0.3, -0.25) is 14.6 Å². The van der Waals surface area contributed by atoms with Crippen LogP contribution in [0.1, 0.15) is 46.5 Å². The van der Waals surface area contributed by atoms with Crippen molar-refractivity contribution in [3.05, 3.63) is 0 Å². The number of carbonyl (C=O) groups excluding carboxylic acids is 1. The molecule has 0 radical (unpaired) electrons. The predicted molar refractivity (Wildman–Crippen MR) is 72.3 cm³/mol. The summed E-state index contributed by atoms with van der Waals surface area (Å²) in [5.74, 6) is 0.609. The van der Waals surface area contributed by atoms with Crippen LogP contribution in [0.4, 0.5) is 0 Å². The molecule has 0 spiro atoms. The van der Waals surface area contributed by atoms with Gasteiger partial charge in [0.05, 0.1) is 17.0 Å². The Morgan fingerprint density at radius 3 is 1.72 bits per heavy atom. The number of hydrogen-bond acceptors (Lipinski definition) is 3. The van der Waals surface area contributed by atoms with Crippen LogP contribution in [-0.4, -0.2) is 47.9 Å². The Kier molecular flexibility index (Phi) is 2.83. The summed E-state index contributed by atoms with van der Waals surface area (Å²) in [6.07, 6.45) is 4.97. The molecule has 0 saturated carbocycles. The first-order valence-corrected chi connectivity index (χ1v) is 7.60. The minimum atomic E-state index is -0.0348. The van der Waals surface area contributed by atoms with Crippen molar-refractivity contribution >= 4 is 5.78 Å². The van der Waals surface area contributed by atoms with E-state index in [1.165, 1.54) is 0 Å². The van der Waals surface area contributed by atoms with Crippen LogP contribution in [0.3, 0.4) is 0 Å². The van der Waals surface area contributed by atoms with Crippen molar-refractivity contribution in [2.75, 3.05) is 26.2 Å². The van der Waals surface area contributed by atoms with Crippen molar-refractivity contribution in [1.29, 1.82) is 0 Å². The monoisotopic (exact) mass is 250 g/mol. The number of hydrogen-bond donors (Lipinski definition) is 0. The first kappa shape index (κ1) is 12.6. The molecule has 4 aliphatic rings. The number of carbonyl (C=O) groups is 1. The van der Waals surface area contributed by atoms with Gasteiger partial charge in [-0.2, -0.15) is 0 Å². The molecule has 3 nitrogen and oxygen atoms in total. The summed E-state index contributed by atoms with van der Waals surface area (Å²) < 4.78 is 0. The third-order valence-electron chi connectivity index (χ3n) is 5.50. The zero-order chi connectivity index (χ0) is 13.0. The Balaban J connectivity index is 1.98. The van der Waals surface area contributed by atoms with Crippen molar-refractivity contribution in [3.63, 3.8) is 0 Å². The highest BCUT2D eigenvalue weighted by Crippen LogP contribution is 2.51. The fourth-order valence-corrected chi connectivity index (χ4v) is 4.88. The molecule has 4 bridgehead atoms. The summed E-state index contributed by atoms with van der Waals surface area (Å²) in [6.45, 7) is 10.8. The van der Waals surface area contributed by atoms with Crippen LogP contribution in [0.5, 0.6) is 0 Å². The molecule has 0 unspecified atom stereocenters. The number of rotatable bonds is 4. The topological polar surface area (TPSA) is 23.6 Å². The molecule has 0 aliphatic carbocycles. The van der Waals surface area contributed by atoms with Crippen LogP contribution >= 0.6 is 0 Å². The minimum absolute atomic E-state index is 0.0348. The van der Waals surface area contributed by atoms with Crippen LogP contribution < -0.4 is 0 Å². The molecule has 0 atom stereocenters. The maximum Gasteiger partial charge on any atom is 0.150 e. The van der Waals surface area contributed by atoms with E-state index in [-0.39, 0.29) is 10.8 Å². The Bertz CT molecular complexity index is 322. The van der Waals surface area contributed by atoms with Crippen molar-refractivity contribution in [1.82, 2.24) is 9.80 Å². The fraction of sp³-hybridized carbons (Fsp3) is 0.933. The van der Waals surface area contributed by atoms with Gasteiger partial charge < -0.3 is 0 Å². The van der Waals surface area contributed by atoms with E-state index in [1.54, 1.807) is 0 Å². The molecule has 3 heteroatoms. The highest BCUT2D eigenvalue weighted by Gasteiger charge is 2.63. The van der Waals surface area contributed by atoms with E-state index in [0.717, 1.165) is 51.9 Å². The van der Waals surface area contributed by atoms with Crippen molar-refractivity contribution < 1.29 is 4.79 Å². The van der Waals surface area contributed by atoms with E-state index < -0.39 is 0 Å². The second-order valence-electron chi connectivity index (χ2n) is 6.83. The maximum absolute atomic E-state index is 13.1. The van der Waals surface area contributed by atoms with E-state index in [9.17, 15) is 4.79 Å². The lowest BCUT2D eigenvalue weighted by atomic mass is 9.57. The highest BCUT2D eigenvalue weighted by atomic mass is 16.1. The molecular formula is C15H26N2O. The lowest BCUT2D eigenvalue weighted by molar-refractivity contribution is -0.201. The van der Waals surface area contributed by atoms with Crippen molar-refractivity contribution in [2.24, 2.45) is 10.8 Å². The second kappa shape index (κ2) is 4.04. The van der Waals surface area contributed by atoms with Crippen LogP contribution in [-0.2, 0) is 4.79 Å². The largest absolute Gasteiger partial charge is 0.298 e. The zero-order valence-electron chi connectivity index (χ0n) is 12.0. The number of piperidine rings is 2. The summed E-state index contributed by atoms with van der Waals surface area (Å²) in [4.78, 5) is 18.2. The normalized spacial score (nSPS) is 49.9. The standard InChI is InChI=1S/C15H26N2O/c1-4-6-14-8-16-10-15(7-5-2,13(14)18)11-17(9-14)12(16)3/h12H,4-11H2,1-3H3. The number of nitrogens with zero attached hydrogens (tertiary/aromatic N) is 2. The van der Waals surface area contributed by atoms with E-state index in [4.69, 9.17) is 0 Å². The van der Waals surface area contributed by atoms with Gasteiger partial charge in [0, 0.05) is 26.2 Å². The second-order valence-corrected chi connectivity index (χ2v) is 6.83. The van der Waals surface area contributed by atoms with Crippen LogP contribution in [0.25, 0.3) is 0 Å². The van der Waals surface area contributed by atoms with Crippen molar-refractivity contribution in [3.8, 4) is 0 Å². The van der Waals surface area contributed by atoms with Gasteiger partial charge in [0.15, 0.2) is 0 Å². The molecule has 102 valence electrons. The molecule has 0 amide bonds.